The van der Waals surface area contributed by atoms with E-state index in [1.165, 1.54) is 0 Å². The molecule has 1 amide bonds. The zero-order valence-electron chi connectivity index (χ0n) is 11.9. The van der Waals surface area contributed by atoms with Gasteiger partial charge in [0.2, 0.25) is 5.91 Å². The molecule has 0 saturated carbocycles. The first-order valence-corrected chi connectivity index (χ1v) is 7.34. The molecule has 4 nitrogen and oxygen atoms in total. The molecule has 0 bridgehead atoms. The molecule has 0 radical (unpaired) electrons. The van der Waals surface area contributed by atoms with E-state index in [1.807, 2.05) is 18.2 Å². The van der Waals surface area contributed by atoms with Crippen molar-refractivity contribution >= 4 is 23.2 Å². The van der Waals surface area contributed by atoms with Crippen LogP contribution < -0.4 is 10.2 Å². The van der Waals surface area contributed by atoms with Gasteiger partial charge < -0.3 is 15.3 Å². The molecule has 5 heteroatoms. The van der Waals surface area contributed by atoms with Crippen LogP contribution in [-0.4, -0.2) is 31.2 Å². The molecule has 20 heavy (non-hydrogen) atoms. The molecule has 1 fully saturated rings. The van der Waals surface area contributed by atoms with Crippen LogP contribution in [0.4, 0.5) is 5.69 Å². The molecule has 1 aromatic rings. The van der Waals surface area contributed by atoms with Gasteiger partial charge in [0, 0.05) is 26.1 Å². The zero-order chi connectivity index (χ0) is 14.7. The summed E-state index contributed by atoms with van der Waals surface area (Å²) in [4.78, 5) is 13.8. The molecule has 2 rings (SSSR count). The Labute approximate surface area is 124 Å². The van der Waals surface area contributed by atoms with Crippen LogP contribution in [0.1, 0.15) is 31.4 Å². The number of hydrogen-bond donors (Lipinski definition) is 2. The van der Waals surface area contributed by atoms with Gasteiger partial charge in [0.05, 0.1) is 16.8 Å². The average molecular weight is 297 g/mol. The van der Waals surface area contributed by atoms with Gasteiger partial charge in [-0.3, -0.25) is 4.79 Å². The van der Waals surface area contributed by atoms with Gasteiger partial charge >= 0.3 is 0 Å². The highest BCUT2D eigenvalue weighted by molar-refractivity contribution is 6.33. The fourth-order valence-corrected chi connectivity index (χ4v) is 2.93. The van der Waals surface area contributed by atoms with Crippen molar-refractivity contribution in [3.63, 3.8) is 0 Å². The minimum Gasteiger partial charge on any atom is -0.389 e. The maximum Gasteiger partial charge on any atom is 0.222 e. The molecule has 110 valence electrons. The number of nitrogens with one attached hydrogen (secondary N) is 1. The highest BCUT2D eigenvalue weighted by atomic mass is 35.5. The standard InChI is InChI=1S/C15H21ClN2O2/c1-10(19)12-3-4-14(13(16)9-12)18-7-5-11(6-8-18)15(20)17-2/h3-4,9-11,19H,5-8H2,1-2H3,(H,17,20)/t10-/m0/s1. The number of hydrogen-bond acceptors (Lipinski definition) is 3. The van der Waals surface area contributed by atoms with Crippen LogP contribution in [0.15, 0.2) is 18.2 Å². The summed E-state index contributed by atoms with van der Waals surface area (Å²) in [5.41, 5.74) is 1.80. The molecule has 1 heterocycles. The maximum absolute atomic E-state index is 11.6. The first kappa shape index (κ1) is 15.1. The van der Waals surface area contributed by atoms with Gasteiger partial charge in [0.15, 0.2) is 0 Å². The van der Waals surface area contributed by atoms with Gasteiger partial charge in [-0.1, -0.05) is 17.7 Å². The number of amides is 1. The van der Waals surface area contributed by atoms with Crippen LogP contribution in [-0.2, 0) is 4.79 Å². The van der Waals surface area contributed by atoms with Gasteiger partial charge in [0.1, 0.15) is 0 Å². The van der Waals surface area contributed by atoms with Gasteiger partial charge in [-0.15, -0.1) is 0 Å². The third kappa shape index (κ3) is 3.25. The number of aliphatic hydroxyl groups excluding tert-OH is 1. The van der Waals surface area contributed by atoms with Crippen molar-refractivity contribution in [2.45, 2.75) is 25.9 Å². The Bertz CT molecular complexity index is 483. The largest absolute Gasteiger partial charge is 0.389 e. The smallest absolute Gasteiger partial charge is 0.222 e. The van der Waals surface area contributed by atoms with Gasteiger partial charge in [-0.05, 0) is 37.5 Å². The number of benzene rings is 1. The van der Waals surface area contributed by atoms with Crippen molar-refractivity contribution in [2.75, 3.05) is 25.0 Å². The number of piperidine rings is 1. The second-order valence-electron chi connectivity index (χ2n) is 5.26. The van der Waals surface area contributed by atoms with Crippen LogP contribution in [0, 0.1) is 5.92 Å². The summed E-state index contributed by atoms with van der Waals surface area (Å²) in [6, 6.07) is 5.66. The first-order valence-electron chi connectivity index (χ1n) is 6.97. The molecular formula is C15H21ClN2O2. The number of rotatable bonds is 3. The summed E-state index contributed by atoms with van der Waals surface area (Å²) in [6.07, 6.45) is 1.17. The van der Waals surface area contributed by atoms with Crippen molar-refractivity contribution in [2.24, 2.45) is 5.92 Å². The van der Waals surface area contributed by atoms with E-state index < -0.39 is 6.10 Å². The van der Waals surface area contributed by atoms with Crippen molar-refractivity contribution in [3.8, 4) is 0 Å². The number of halogens is 1. The quantitative estimate of drug-likeness (QED) is 0.900. The summed E-state index contributed by atoms with van der Waals surface area (Å²) in [5.74, 6) is 0.229. The van der Waals surface area contributed by atoms with E-state index in [-0.39, 0.29) is 11.8 Å². The molecule has 1 atom stereocenters. The first-order chi connectivity index (χ1) is 9.52. The third-order valence-electron chi connectivity index (χ3n) is 3.91. The van der Waals surface area contributed by atoms with Gasteiger partial charge in [-0.25, -0.2) is 0 Å². The lowest BCUT2D eigenvalue weighted by atomic mass is 9.95. The number of aliphatic hydroxyl groups is 1. The van der Waals surface area contributed by atoms with Crippen molar-refractivity contribution in [1.82, 2.24) is 5.32 Å². The lowest BCUT2D eigenvalue weighted by Gasteiger charge is -2.33. The van der Waals surface area contributed by atoms with E-state index in [0.717, 1.165) is 37.2 Å². The van der Waals surface area contributed by atoms with E-state index >= 15 is 0 Å². The van der Waals surface area contributed by atoms with E-state index in [9.17, 15) is 9.90 Å². The van der Waals surface area contributed by atoms with Crippen molar-refractivity contribution in [1.29, 1.82) is 0 Å². The number of nitrogens with zero attached hydrogens (tertiary/aromatic N) is 1. The topological polar surface area (TPSA) is 52.6 Å². The Kier molecular flexibility index (Phi) is 4.89. The molecule has 1 aliphatic rings. The minimum absolute atomic E-state index is 0.103. The molecule has 0 spiro atoms. The van der Waals surface area contributed by atoms with E-state index in [2.05, 4.69) is 10.2 Å². The Hall–Kier alpha value is -1.26. The van der Waals surface area contributed by atoms with Crippen LogP contribution in [0.5, 0.6) is 0 Å². The molecule has 1 aromatic carbocycles. The van der Waals surface area contributed by atoms with Gasteiger partial charge in [0.25, 0.3) is 0 Å². The lowest BCUT2D eigenvalue weighted by Crippen LogP contribution is -2.39. The second-order valence-corrected chi connectivity index (χ2v) is 5.67. The molecule has 0 unspecified atom stereocenters. The zero-order valence-corrected chi connectivity index (χ0v) is 12.7. The summed E-state index contributed by atoms with van der Waals surface area (Å²) >= 11 is 6.30. The van der Waals surface area contributed by atoms with Crippen LogP contribution in [0.3, 0.4) is 0 Å². The van der Waals surface area contributed by atoms with Crippen LogP contribution in [0.2, 0.25) is 5.02 Å². The third-order valence-corrected chi connectivity index (χ3v) is 4.21. The van der Waals surface area contributed by atoms with Crippen LogP contribution >= 0.6 is 11.6 Å². The molecule has 0 aliphatic carbocycles. The Morgan fingerprint density at radius 1 is 1.45 bits per heavy atom. The molecule has 1 aliphatic heterocycles. The average Bonchev–Trinajstić information content (AvgIpc) is 2.46. The predicted molar refractivity (Wildman–Crippen MR) is 81.1 cm³/mol. The molecular weight excluding hydrogens is 276 g/mol. The summed E-state index contributed by atoms with van der Waals surface area (Å²) < 4.78 is 0. The van der Waals surface area contributed by atoms with Gasteiger partial charge in [-0.2, -0.15) is 0 Å². The monoisotopic (exact) mass is 296 g/mol. The molecule has 0 aromatic heterocycles. The maximum atomic E-state index is 11.6. The number of carbonyl (C=O) groups is 1. The summed E-state index contributed by atoms with van der Waals surface area (Å²) in [5, 5.41) is 12.9. The SMILES string of the molecule is CNC(=O)C1CCN(c2ccc([C@H](C)O)cc2Cl)CC1. The number of anilines is 1. The normalized spacial score (nSPS) is 17.9. The molecule has 2 N–H and O–H groups in total. The van der Waals surface area contributed by atoms with Crippen molar-refractivity contribution < 1.29 is 9.90 Å². The van der Waals surface area contributed by atoms with E-state index in [0.29, 0.717) is 5.02 Å². The molecule has 1 saturated heterocycles. The fraction of sp³-hybridized carbons (Fsp3) is 0.533. The lowest BCUT2D eigenvalue weighted by molar-refractivity contribution is -0.125. The Balaban J connectivity index is 2.05. The fourth-order valence-electron chi connectivity index (χ4n) is 2.63. The second kappa shape index (κ2) is 6.46. The van der Waals surface area contributed by atoms with E-state index in [1.54, 1.807) is 14.0 Å². The Morgan fingerprint density at radius 3 is 2.60 bits per heavy atom. The predicted octanol–water partition coefficient (Wildman–Crippen LogP) is 2.36. The van der Waals surface area contributed by atoms with Crippen LogP contribution in [0.25, 0.3) is 0 Å². The highest BCUT2D eigenvalue weighted by Gasteiger charge is 2.25. The number of carbonyl (C=O) groups excluding carboxylic acids is 1. The summed E-state index contributed by atoms with van der Waals surface area (Å²) in [6.45, 7) is 3.37. The highest BCUT2D eigenvalue weighted by Crippen LogP contribution is 2.31. The Morgan fingerprint density at radius 2 is 2.10 bits per heavy atom. The van der Waals surface area contributed by atoms with Crippen molar-refractivity contribution in [3.05, 3.63) is 28.8 Å². The van der Waals surface area contributed by atoms with E-state index in [4.69, 9.17) is 11.6 Å². The minimum atomic E-state index is -0.513. The summed E-state index contributed by atoms with van der Waals surface area (Å²) in [7, 11) is 1.68.